The SMILES string of the molecule is C=C(C)CN=C(NCCc1ccco1)N1CCC(C(=O)OC)CC1.I. The molecule has 0 spiro atoms. The number of nitrogens with one attached hydrogen (secondary N) is 1. The van der Waals surface area contributed by atoms with Crippen LogP contribution in [0.3, 0.4) is 0 Å². The van der Waals surface area contributed by atoms with Gasteiger partial charge in [-0.3, -0.25) is 4.79 Å². The number of carbonyl (C=O) groups is 1. The molecule has 1 saturated heterocycles. The summed E-state index contributed by atoms with van der Waals surface area (Å²) in [6, 6.07) is 3.86. The van der Waals surface area contributed by atoms with Gasteiger partial charge in [-0.25, -0.2) is 4.99 Å². The second-order valence-electron chi connectivity index (χ2n) is 6.14. The molecular weight excluding hydrogens is 433 g/mol. The van der Waals surface area contributed by atoms with Crippen LogP contribution in [0.25, 0.3) is 0 Å². The van der Waals surface area contributed by atoms with Crippen LogP contribution in [-0.2, 0) is 16.0 Å². The Morgan fingerprint density at radius 1 is 1.48 bits per heavy atom. The summed E-state index contributed by atoms with van der Waals surface area (Å²) in [6.07, 6.45) is 4.07. The Morgan fingerprint density at radius 2 is 2.20 bits per heavy atom. The van der Waals surface area contributed by atoms with E-state index in [0.717, 1.165) is 56.2 Å². The monoisotopic (exact) mass is 461 g/mol. The molecule has 2 rings (SSSR count). The number of esters is 1. The Bertz CT molecular complexity index is 564. The number of piperidine rings is 1. The molecule has 1 N–H and O–H groups in total. The fourth-order valence-electron chi connectivity index (χ4n) is 2.72. The Morgan fingerprint density at radius 3 is 2.76 bits per heavy atom. The lowest BCUT2D eigenvalue weighted by atomic mass is 9.97. The van der Waals surface area contributed by atoms with Crippen LogP contribution in [0, 0.1) is 5.92 Å². The van der Waals surface area contributed by atoms with E-state index in [4.69, 9.17) is 9.15 Å². The number of rotatable bonds is 6. The van der Waals surface area contributed by atoms with Crippen molar-refractivity contribution >= 4 is 35.9 Å². The topological polar surface area (TPSA) is 67.1 Å². The van der Waals surface area contributed by atoms with Gasteiger partial charge in [0.1, 0.15) is 5.76 Å². The van der Waals surface area contributed by atoms with Gasteiger partial charge in [0.05, 0.1) is 25.8 Å². The van der Waals surface area contributed by atoms with Crippen LogP contribution in [0.4, 0.5) is 0 Å². The average Bonchev–Trinajstić information content (AvgIpc) is 3.10. The van der Waals surface area contributed by atoms with Gasteiger partial charge in [0.2, 0.25) is 0 Å². The van der Waals surface area contributed by atoms with E-state index in [2.05, 4.69) is 21.8 Å². The molecule has 6 nitrogen and oxygen atoms in total. The molecule has 1 aromatic rings. The molecule has 1 aliphatic heterocycles. The number of aliphatic imine (C=N–C) groups is 1. The van der Waals surface area contributed by atoms with Crippen LogP contribution in [0.2, 0.25) is 0 Å². The average molecular weight is 461 g/mol. The second-order valence-corrected chi connectivity index (χ2v) is 6.14. The summed E-state index contributed by atoms with van der Waals surface area (Å²) in [4.78, 5) is 18.5. The third-order valence-electron chi connectivity index (χ3n) is 4.06. The van der Waals surface area contributed by atoms with Crippen molar-refractivity contribution in [2.75, 3.05) is 33.3 Å². The maximum atomic E-state index is 11.7. The summed E-state index contributed by atoms with van der Waals surface area (Å²) >= 11 is 0. The van der Waals surface area contributed by atoms with Crippen molar-refractivity contribution in [2.45, 2.75) is 26.2 Å². The summed E-state index contributed by atoms with van der Waals surface area (Å²) in [5.41, 5.74) is 1.02. The van der Waals surface area contributed by atoms with Crippen LogP contribution in [0.15, 0.2) is 40.0 Å². The fraction of sp³-hybridized carbons (Fsp3) is 0.556. The maximum Gasteiger partial charge on any atom is 0.308 e. The summed E-state index contributed by atoms with van der Waals surface area (Å²) in [6.45, 7) is 8.81. The number of halogens is 1. The van der Waals surface area contributed by atoms with Gasteiger partial charge in [-0.1, -0.05) is 12.2 Å². The van der Waals surface area contributed by atoms with E-state index in [1.807, 2.05) is 19.1 Å². The summed E-state index contributed by atoms with van der Waals surface area (Å²) in [7, 11) is 1.45. The molecule has 1 fully saturated rings. The van der Waals surface area contributed by atoms with Gasteiger partial charge in [-0.05, 0) is 31.9 Å². The zero-order valence-corrected chi connectivity index (χ0v) is 17.3. The molecule has 1 aliphatic rings. The Labute approximate surface area is 166 Å². The van der Waals surface area contributed by atoms with Crippen LogP contribution >= 0.6 is 24.0 Å². The highest BCUT2D eigenvalue weighted by Gasteiger charge is 2.27. The third kappa shape index (κ3) is 7.09. The zero-order chi connectivity index (χ0) is 17.4. The number of ether oxygens (including phenoxy) is 1. The number of methoxy groups -OCH3 is 1. The second kappa shape index (κ2) is 11.2. The van der Waals surface area contributed by atoms with Crippen molar-refractivity contribution in [2.24, 2.45) is 10.9 Å². The van der Waals surface area contributed by atoms with E-state index < -0.39 is 0 Å². The number of hydrogen-bond acceptors (Lipinski definition) is 4. The van der Waals surface area contributed by atoms with Crippen molar-refractivity contribution in [1.29, 1.82) is 0 Å². The molecule has 0 amide bonds. The van der Waals surface area contributed by atoms with Crippen molar-refractivity contribution < 1.29 is 13.9 Å². The zero-order valence-electron chi connectivity index (χ0n) is 15.0. The summed E-state index contributed by atoms with van der Waals surface area (Å²) in [5, 5.41) is 3.40. The highest BCUT2D eigenvalue weighted by molar-refractivity contribution is 14.0. The molecule has 25 heavy (non-hydrogen) atoms. The highest BCUT2D eigenvalue weighted by Crippen LogP contribution is 2.18. The molecule has 2 heterocycles. The number of guanidine groups is 1. The Balaban J connectivity index is 0.00000312. The van der Waals surface area contributed by atoms with Gasteiger partial charge in [0.15, 0.2) is 5.96 Å². The molecule has 0 bridgehead atoms. The van der Waals surface area contributed by atoms with Gasteiger partial charge in [-0.2, -0.15) is 0 Å². The predicted molar refractivity (Wildman–Crippen MR) is 109 cm³/mol. The maximum absolute atomic E-state index is 11.7. The lowest BCUT2D eigenvalue weighted by Crippen LogP contribution is -2.47. The first-order chi connectivity index (χ1) is 11.6. The molecule has 0 aromatic carbocycles. The van der Waals surface area contributed by atoms with Crippen LogP contribution in [0.5, 0.6) is 0 Å². The lowest BCUT2D eigenvalue weighted by Gasteiger charge is -2.33. The molecule has 0 aliphatic carbocycles. The molecule has 140 valence electrons. The minimum atomic E-state index is -0.110. The van der Waals surface area contributed by atoms with E-state index in [1.54, 1.807) is 6.26 Å². The van der Waals surface area contributed by atoms with Crippen molar-refractivity contribution in [1.82, 2.24) is 10.2 Å². The first kappa shape index (κ1) is 21.5. The molecular formula is C18H28IN3O3. The van der Waals surface area contributed by atoms with Gasteiger partial charge in [0.25, 0.3) is 0 Å². The van der Waals surface area contributed by atoms with E-state index in [9.17, 15) is 4.79 Å². The molecule has 7 heteroatoms. The van der Waals surface area contributed by atoms with Crippen molar-refractivity contribution in [3.05, 3.63) is 36.3 Å². The number of furan rings is 1. The highest BCUT2D eigenvalue weighted by atomic mass is 127. The quantitative estimate of drug-likeness (QED) is 0.232. The van der Waals surface area contributed by atoms with Crippen molar-refractivity contribution in [3.8, 4) is 0 Å². The van der Waals surface area contributed by atoms with E-state index in [0.29, 0.717) is 6.54 Å². The predicted octanol–water partition coefficient (Wildman–Crippen LogP) is 2.85. The minimum Gasteiger partial charge on any atom is -0.469 e. The first-order valence-electron chi connectivity index (χ1n) is 8.38. The standard InChI is InChI=1S/C18H27N3O3.HI/c1-14(2)13-20-18(19-9-6-16-5-4-12-24-16)21-10-7-15(8-11-21)17(22)23-3;/h4-5,12,15H,1,6-11,13H2,2-3H3,(H,19,20);1H. The van der Waals surface area contributed by atoms with Gasteiger partial charge in [0, 0.05) is 26.1 Å². The molecule has 0 unspecified atom stereocenters. The van der Waals surface area contributed by atoms with E-state index >= 15 is 0 Å². The number of hydrogen-bond donors (Lipinski definition) is 1. The Kier molecular flexibility index (Phi) is 9.62. The largest absolute Gasteiger partial charge is 0.469 e. The van der Waals surface area contributed by atoms with Crippen LogP contribution < -0.4 is 5.32 Å². The summed E-state index contributed by atoms with van der Waals surface area (Å²) < 4.78 is 10.2. The fourth-order valence-corrected chi connectivity index (χ4v) is 2.72. The Hall–Kier alpha value is -1.51. The number of nitrogens with zero attached hydrogens (tertiary/aromatic N) is 2. The number of likely N-dealkylation sites (tertiary alicyclic amines) is 1. The lowest BCUT2D eigenvalue weighted by molar-refractivity contribution is -0.146. The van der Waals surface area contributed by atoms with Gasteiger partial charge < -0.3 is 19.4 Å². The smallest absolute Gasteiger partial charge is 0.308 e. The number of carbonyl (C=O) groups excluding carboxylic acids is 1. The molecule has 0 radical (unpaired) electrons. The van der Waals surface area contributed by atoms with Gasteiger partial charge >= 0.3 is 5.97 Å². The van der Waals surface area contributed by atoms with Crippen molar-refractivity contribution in [3.63, 3.8) is 0 Å². The molecule has 0 saturated carbocycles. The third-order valence-corrected chi connectivity index (χ3v) is 4.06. The first-order valence-corrected chi connectivity index (χ1v) is 8.38. The normalized spacial score (nSPS) is 15.4. The molecule has 1 aromatic heterocycles. The van der Waals surface area contributed by atoms with E-state index in [-0.39, 0.29) is 35.9 Å². The van der Waals surface area contributed by atoms with Gasteiger partial charge in [-0.15, -0.1) is 24.0 Å². The van der Waals surface area contributed by atoms with E-state index in [1.165, 1.54) is 7.11 Å². The molecule has 0 atom stereocenters. The summed E-state index contributed by atoms with van der Waals surface area (Å²) in [5.74, 6) is 1.71. The van der Waals surface area contributed by atoms with Crippen LogP contribution in [-0.4, -0.2) is 50.1 Å². The minimum absolute atomic E-state index is 0. The van der Waals surface area contributed by atoms with Crippen LogP contribution in [0.1, 0.15) is 25.5 Å².